The van der Waals surface area contributed by atoms with Crippen molar-refractivity contribution in [3.63, 3.8) is 0 Å². The van der Waals surface area contributed by atoms with Gasteiger partial charge in [0.15, 0.2) is 5.78 Å². The standard InChI is InChI=1S/C22H32N4O4/c1-4-7-23-19(28)13-26-8-5-14(6-9-26)24-20(29)16-10-15-17(25-21(16)30)11-22(2,3)12-18(15)27/h10,14H,4-9,11-13H2,1-3H3,(H,23,28)(H,24,29)(H,25,30). The van der Waals surface area contributed by atoms with Gasteiger partial charge in [0, 0.05) is 43.4 Å². The van der Waals surface area contributed by atoms with Gasteiger partial charge in [-0.1, -0.05) is 20.8 Å². The third kappa shape index (κ3) is 5.36. The second kappa shape index (κ2) is 9.12. The Balaban J connectivity index is 1.59. The SMILES string of the molecule is CCCNC(=O)CN1CCC(NC(=O)c2cc3c([nH]c2=O)CC(C)(C)CC3=O)CC1. The van der Waals surface area contributed by atoms with Gasteiger partial charge in [0.2, 0.25) is 5.91 Å². The molecule has 0 aromatic carbocycles. The van der Waals surface area contributed by atoms with Crippen LogP contribution in [0.25, 0.3) is 0 Å². The molecule has 0 spiro atoms. The first-order valence-electron chi connectivity index (χ1n) is 10.8. The minimum atomic E-state index is -0.457. The molecule has 1 aromatic rings. The Labute approximate surface area is 176 Å². The number of amides is 2. The predicted octanol–water partition coefficient (Wildman–Crippen LogP) is 1.25. The highest BCUT2D eigenvalue weighted by Gasteiger charge is 2.33. The number of aromatic nitrogens is 1. The van der Waals surface area contributed by atoms with Gasteiger partial charge in [0.25, 0.3) is 11.5 Å². The first-order valence-corrected chi connectivity index (χ1v) is 10.8. The number of hydrogen-bond acceptors (Lipinski definition) is 5. The number of nitrogens with zero attached hydrogens (tertiary/aromatic N) is 1. The summed E-state index contributed by atoms with van der Waals surface area (Å²) in [6, 6.07) is 1.39. The van der Waals surface area contributed by atoms with Crippen LogP contribution in [0.15, 0.2) is 10.9 Å². The number of ketones is 1. The number of hydrogen-bond donors (Lipinski definition) is 3. The van der Waals surface area contributed by atoms with Gasteiger partial charge in [-0.15, -0.1) is 0 Å². The molecule has 164 valence electrons. The smallest absolute Gasteiger partial charge is 0.261 e. The monoisotopic (exact) mass is 416 g/mol. The van der Waals surface area contributed by atoms with E-state index < -0.39 is 11.5 Å². The zero-order valence-corrected chi connectivity index (χ0v) is 18.1. The van der Waals surface area contributed by atoms with Crippen LogP contribution in [0, 0.1) is 5.41 Å². The number of rotatable bonds is 6. The van der Waals surface area contributed by atoms with E-state index in [1.165, 1.54) is 6.07 Å². The van der Waals surface area contributed by atoms with E-state index in [9.17, 15) is 19.2 Å². The summed E-state index contributed by atoms with van der Waals surface area (Å²) >= 11 is 0. The number of aromatic amines is 1. The number of piperidine rings is 1. The van der Waals surface area contributed by atoms with Gasteiger partial charge in [-0.05, 0) is 37.2 Å². The fourth-order valence-electron chi connectivity index (χ4n) is 4.22. The van der Waals surface area contributed by atoms with Crippen molar-refractivity contribution < 1.29 is 14.4 Å². The number of Topliss-reactive ketones (excluding diaryl/α,β-unsaturated/α-hetero) is 1. The van der Waals surface area contributed by atoms with Crippen molar-refractivity contribution in [3.05, 3.63) is 33.2 Å². The fourth-order valence-corrected chi connectivity index (χ4v) is 4.22. The van der Waals surface area contributed by atoms with Crippen molar-refractivity contribution in [2.45, 2.75) is 58.9 Å². The average Bonchev–Trinajstić information content (AvgIpc) is 2.66. The number of carbonyl (C=O) groups is 3. The second-order valence-electron chi connectivity index (χ2n) is 9.22. The highest BCUT2D eigenvalue weighted by atomic mass is 16.2. The highest BCUT2D eigenvalue weighted by Crippen LogP contribution is 2.33. The van der Waals surface area contributed by atoms with Crippen LogP contribution >= 0.6 is 0 Å². The third-order valence-electron chi connectivity index (χ3n) is 5.82. The molecule has 8 nitrogen and oxygen atoms in total. The van der Waals surface area contributed by atoms with E-state index in [1.54, 1.807) is 0 Å². The zero-order chi connectivity index (χ0) is 21.9. The van der Waals surface area contributed by atoms with Gasteiger partial charge in [-0.2, -0.15) is 0 Å². The molecule has 0 atom stereocenters. The molecule has 0 saturated carbocycles. The van der Waals surface area contributed by atoms with E-state index in [2.05, 4.69) is 20.5 Å². The number of H-pyrrole nitrogens is 1. The molecular formula is C22H32N4O4. The first kappa shape index (κ1) is 22.2. The molecular weight excluding hydrogens is 384 g/mol. The van der Waals surface area contributed by atoms with Crippen LogP contribution in [0.4, 0.5) is 0 Å². The summed E-state index contributed by atoms with van der Waals surface area (Å²) in [6.07, 6.45) is 3.34. The van der Waals surface area contributed by atoms with Crippen LogP contribution in [-0.2, 0) is 11.2 Å². The molecule has 0 unspecified atom stereocenters. The largest absolute Gasteiger partial charge is 0.355 e. The maximum Gasteiger partial charge on any atom is 0.261 e. The Bertz CT molecular complexity index is 882. The minimum absolute atomic E-state index is 0.0109. The molecule has 1 saturated heterocycles. The Hall–Kier alpha value is -2.48. The topological polar surface area (TPSA) is 111 Å². The van der Waals surface area contributed by atoms with E-state index in [0.717, 1.165) is 6.42 Å². The van der Waals surface area contributed by atoms with E-state index in [4.69, 9.17) is 0 Å². The number of likely N-dealkylation sites (tertiary alicyclic amines) is 1. The number of fused-ring (bicyclic) bond motifs is 1. The van der Waals surface area contributed by atoms with Crippen LogP contribution in [0.5, 0.6) is 0 Å². The molecule has 30 heavy (non-hydrogen) atoms. The predicted molar refractivity (Wildman–Crippen MR) is 114 cm³/mol. The molecule has 2 heterocycles. The van der Waals surface area contributed by atoms with Crippen molar-refractivity contribution in [1.29, 1.82) is 0 Å². The third-order valence-corrected chi connectivity index (χ3v) is 5.82. The first-order chi connectivity index (χ1) is 14.2. The molecule has 1 aliphatic carbocycles. The quantitative estimate of drug-likeness (QED) is 0.646. The van der Waals surface area contributed by atoms with Crippen LogP contribution in [0.3, 0.4) is 0 Å². The van der Waals surface area contributed by atoms with E-state index in [1.807, 2.05) is 20.8 Å². The van der Waals surface area contributed by atoms with E-state index >= 15 is 0 Å². The van der Waals surface area contributed by atoms with Crippen LogP contribution in [-0.4, -0.2) is 59.7 Å². The lowest BCUT2D eigenvalue weighted by Gasteiger charge is -2.32. The number of nitrogens with one attached hydrogen (secondary N) is 3. The van der Waals surface area contributed by atoms with Crippen molar-refractivity contribution in [1.82, 2.24) is 20.5 Å². The van der Waals surface area contributed by atoms with Gasteiger partial charge < -0.3 is 15.6 Å². The molecule has 3 N–H and O–H groups in total. The van der Waals surface area contributed by atoms with Crippen molar-refractivity contribution in [2.24, 2.45) is 5.41 Å². The molecule has 0 bridgehead atoms. The van der Waals surface area contributed by atoms with Crippen molar-refractivity contribution in [3.8, 4) is 0 Å². The molecule has 3 rings (SSSR count). The summed E-state index contributed by atoms with van der Waals surface area (Å²) in [5, 5.41) is 5.79. The maximum absolute atomic E-state index is 12.7. The highest BCUT2D eigenvalue weighted by molar-refractivity contribution is 6.02. The van der Waals surface area contributed by atoms with Crippen LogP contribution in [0.1, 0.15) is 72.9 Å². The van der Waals surface area contributed by atoms with Gasteiger partial charge in [-0.3, -0.25) is 24.1 Å². The molecule has 1 fully saturated rings. The van der Waals surface area contributed by atoms with E-state index in [-0.39, 0.29) is 28.7 Å². The van der Waals surface area contributed by atoms with Crippen LogP contribution < -0.4 is 16.2 Å². The molecule has 1 aliphatic heterocycles. The van der Waals surface area contributed by atoms with Gasteiger partial charge in [0.1, 0.15) is 5.56 Å². The molecule has 1 aromatic heterocycles. The fraction of sp³-hybridized carbons (Fsp3) is 0.636. The van der Waals surface area contributed by atoms with Crippen LogP contribution in [0.2, 0.25) is 0 Å². The average molecular weight is 417 g/mol. The summed E-state index contributed by atoms with van der Waals surface area (Å²) in [4.78, 5) is 54.3. The summed E-state index contributed by atoms with van der Waals surface area (Å²) in [6.45, 7) is 8.46. The second-order valence-corrected chi connectivity index (χ2v) is 9.22. The zero-order valence-electron chi connectivity index (χ0n) is 18.1. The van der Waals surface area contributed by atoms with Gasteiger partial charge in [0.05, 0.1) is 6.54 Å². The van der Waals surface area contributed by atoms with Crippen molar-refractivity contribution >= 4 is 17.6 Å². The summed E-state index contributed by atoms with van der Waals surface area (Å²) < 4.78 is 0. The summed E-state index contributed by atoms with van der Waals surface area (Å²) in [5.74, 6) is -0.468. The summed E-state index contributed by atoms with van der Waals surface area (Å²) in [7, 11) is 0. The lowest BCUT2D eigenvalue weighted by Crippen LogP contribution is -2.48. The Kier molecular flexibility index (Phi) is 6.75. The lowest BCUT2D eigenvalue weighted by molar-refractivity contribution is -0.122. The normalized spacial score (nSPS) is 19.2. The van der Waals surface area contributed by atoms with Crippen molar-refractivity contribution in [2.75, 3.05) is 26.2 Å². The lowest BCUT2D eigenvalue weighted by atomic mass is 9.75. The van der Waals surface area contributed by atoms with Gasteiger partial charge in [-0.25, -0.2) is 0 Å². The Morgan fingerprint density at radius 2 is 1.90 bits per heavy atom. The molecule has 0 radical (unpaired) electrons. The van der Waals surface area contributed by atoms with E-state index in [0.29, 0.717) is 63.1 Å². The molecule has 2 amide bonds. The number of carbonyl (C=O) groups excluding carboxylic acids is 3. The Morgan fingerprint density at radius 3 is 2.57 bits per heavy atom. The summed E-state index contributed by atoms with van der Waals surface area (Å²) in [5.41, 5.74) is 0.405. The number of pyridine rings is 1. The maximum atomic E-state index is 12.7. The van der Waals surface area contributed by atoms with Gasteiger partial charge >= 0.3 is 0 Å². The molecule has 8 heteroatoms. The minimum Gasteiger partial charge on any atom is -0.355 e. The molecule has 2 aliphatic rings. The Morgan fingerprint density at radius 1 is 1.20 bits per heavy atom.